The van der Waals surface area contributed by atoms with Crippen LogP contribution in [0, 0.1) is 0 Å². The summed E-state index contributed by atoms with van der Waals surface area (Å²) in [6, 6.07) is 5.38. The fourth-order valence-electron chi connectivity index (χ4n) is 1.76. The Labute approximate surface area is 112 Å². The number of anilines is 1. The molecule has 2 amide bonds. The van der Waals surface area contributed by atoms with Crippen LogP contribution < -0.4 is 11.1 Å². The fourth-order valence-corrected chi connectivity index (χ4v) is 2.44. The molecule has 3 N–H and O–H groups in total. The van der Waals surface area contributed by atoms with Gasteiger partial charge in [-0.1, -0.05) is 6.07 Å². The Morgan fingerprint density at radius 3 is 2.84 bits per heavy atom. The van der Waals surface area contributed by atoms with E-state index in [4.69, 9.17) is 5.73 Å². The van der Waals surface area contributed by atoms with Crippen LogP contribution in [0.4, 0.5) is 10.6 Å². The Balaban J connectivity index is 2.07. The molecule has 1 fully saturated rings. The number of imide groups is 1. The van der Waals surface area contributed by atoms with Gasteiger partial charge in [0.1, 0.15) is 12.1 Å². The van der Waals surface area contributed by atoms with Crippen LogP contribution in [0.2, 0.25) is 0 Å². The minimum Gasteiger partial charge on any atom is -0.383 e. The normalized spacial score (nSPS) is 17.2. The summed E-state index contributed by atoms with van der Waals surface area (Å²) >= 11 is 0.877. The standard InChI is InChI=1S/C12H8N4O2S/c13-10-7-3-6(1-2-8(7)14-5-15-10)4-9-11(17)16-12(18)19-9/h1-5H,(H2,13,14,15)(H,16,17,18)/b9-4-. The maximum Gasteiger partial charge on any atom is 0.290 e. The number of nitrogens with one attached hydrogen (secondary N) is 1. The van der Waals surface area contributed by atoms with Crippen molar-refractivity contribution < 1.29 is 9.59 Å². The van der Waals surface area contributed by atoms with Gasteiger partial charge in [0.15, 0.2) is 0 Å². The first-order chi connectivity index (χ1) is 9.13. The van der Waals surface area contributed by atoms with Crippen LogP contribution in [-0.2, 0) is 4.79 Å². The van der Waals surface area contributed by atoms with Crippen LogP contribution in [0.3, 0.4) is 0 Å². The molecule has 1 aliphatic rings. The van der Waals surface area contributed by atoms with E-state index in [1.54, 1.807) is 24.3 Å². The van der Waals surface area contributed by atoms with Gasteiger partial charge in [-0.05, 0) is 35.5 Å². The van der Waals surface area contributed by atoms with Crippen LogP contribution in [0.1, 0.15) is 5.56 Å². The highest BCUT2D eigenvalue weighted by molar-refractivity contribution is 8.18. The van der Waals surface area contributed by atoms with Gasteiger partial charge in [0.25, 0.3) is 11.1 Å². The summed E-state index contributed by atoms with van der Waals surface area (Å²) in [5, 5.41) is 2.56. The molecule has 2 heterocycles. The van der Waals surface area contributed by atoms with Gasteiger partial charge in [-0.15, -0.1) is 0 Å². The molecule has 1 aromatic heterocycles. The lowest BCUT2D eigenvalue weighted by atomic mass is 10.1. The SMILES string of the molecule is Nc1ncnc2ccc(/C=C3\SC(=O)NC3=O)cc12. The van der Waals surface area contributed by atoms with E-state index in [1.807, 2.05) is 0 Å². The van der Waals surface area contributed by atoms with Gasteiger partial charge < -0.3 is 5.73 Å². The third-order valence-electron chi connectivity index (χ3n) is 2.63. The van der Waals surface area contributed by atoms with E-state index in [0.717, 1.165) is 22.8 Å². The fraction of sp³-hybridized carbons (Fsp3) is 0. The molecule has 7 heteroatoms. The highest BCUT2D eigenvalue weighted by atomic mass is 32.2. The average molecular weight is 272 g/mol. The number of carbonyl (C=O) groups excluding carboxylic acids is 2. The number of nitrogens with zero attached hydrogens (tertiary/aromatic N) is 2. The number of thioether (sulfide) groups is 1. The number of nitrogens with two attached hydrogens (primary N) is 1. The highest BCUT2D eigenvalue weighted by Crippen LogP contribution is 2.27. The van der Waals surface area contributed by atoms with Crippen LogP contribution >= 0.6 is 11.8 Å². The van der Waals surface area contributed by atoms with E-state index in [9.17, 15) is 9.59 Å². The second kappa shape index (κ2) is 4.36. The molecule has 0 unspecified atom stereocenters. The van der Waals surface area contributed by atoms with Crippen molar-refractivity contribution >= 4 is 45.7 Å². The largest absolute Gasteiger partial charge is 0.383 e. The monoisotopic (exact) mass is 272 g/mol. The Kier molecular flexibility index (Phi) is 2.68. The predicted octanol–water partition coefficient (Wildman–Crippen LogP) is 1.54. The molecule has 6 nitrogen and oxygen atoms in total. The summed E-state index contributed by atoms with van der Waals surface area (Å²) < 4.78 is 0. The van der Waals surface area contributed by atoms with Crippen molar-refractivity contribution in [1.82, 2.24) is 15.3 Å². The first-order valence-corrected chi connectivity index (χ1v) is 6.20. The van der Waals surface area contributed by atoms with Crippen LogP contribution in [-0.4, -0.2) is 21.1 Å². The molecule has 94 valence electrons. The Hall–Kier alpha value is -2.41. The second-order valence-corrected chi connectivity index (χ2v) is 4.90. The van der Waals surface area contributed by atoms with E-state index < -0.39 is 0 Å². The van der Waals surface area contributed by atoms with Gasteiger partial charge in [-0.2, -0.15) is 0 Å². The number of nitrogen functional groups attached to an aromatic ring is 1. The van der Waals surface area contributed by atoms with E-state index >= 15 is 0 Å². The van der Waals surface area contributed by atoms with Crippen molar-refractivity contribution in [2.45, 2.75) is 0 Å². The molecular formula is C12H8N4O2S. The van der Waals surface area contributed by atoms with Crippen molar-refractivity contribution in [2.75, 3.05) is 5.73 Å². The molecule has 0 aliphatic carbocycles. The lowest BCUT2D eigenvalue weighted by Crippen LogP contribution is -2.17. The number of carbonyl (C=O) groups is 2. The van der Waals surface area contributed by atoms with E-state index in [1.165, 1.54) is 6.33 Å². The quantitative estimate of drug-likeness (QED) is 0.764. The maximum atomic E-state index is 11.4. The topological polar surface area (TPSA) is 98.0 Å². The van der Waals surface area contributed by atoms with E-state index in [2.05, 4.69) is 15.3 Å². The third-order valence-corrected chi connectivity index (χ3v) is 3.44. The summed E-state index contributed by atoms with van der Waals surface area (Å²) in [5.74, 6) is -0.00256. The van der Waals surface area contributed by atoms with Crippen molar-refractivity contribution in [3.05, 3.63) is 35.0 Å². The minimum atomic E-state index is -0.382. The zero-order valence-electron chi connectivity index (χ0n) is 9.58. The molecule has 0 saturated carbocycles. The third kappa shape index (κ3) is 2.15. The number of rotatable bonds is 1. The lowest BCUT2D eigenvalue weighted by molar-refractivity contribution is -0.115. The molecule has 3 rings (SSSR count). The summed E-state index contributed by atoms with van der Waals surface area (Å²) in [7, 11) is 0. The Morgan fingerprint density at radius 2 is 2.11 bits per heavy atom. The Bertz CT molecular complexity index is 742. The van der Waals surface area contributed by atoms with Gasteiger partial charge in [0.2, 0.25) is 0 Å². The Morgan fingerprint density at radius 1 is 1.26 bits per heavy atom. The number of fused-ring (bicyclic) bond motifs is 1. The molecular weight excluding hydrogens is 264 g/mol. The van der Waals surface area contributed by atoms with Crippen LogP contribution in [0.25, 0.3) is 17.0 Å². The van der Waals surface area contributed by atoms with Crippen molar-refractivity contribution in [3.8, 4) is 0 Å². The molecule has 0 atom stereocenters. The van der Waals surface area contributed by atoms with Gasteiger partial charge in [-0.25, -0.2) is 9.97 Å². The van der Waals surface area contributed by atoms with Gasteiger partial charge in [0.05, 0.1) is 10.4 Å². The second-order valence-electron chi connectivity index (χ2n) is 3.89. The average Bonchev–Trinajstić information content (AvgIpc) is 2.69. The maximum absolute atomic E-state index is 11.4. The number of benzene rings is 1. The summed E-state index contributed by atoms with van der Waals surface area (Å²) in [4.78, 5) is 30.9. The summed E-state index contributed by atoms with van der Waals surface area (Å²) in [6.07, 6.45) is 3.03. The van der Waals surface area contributed by atoms with Gasteiger partial charge >= 0.3 is 0 Å². The number of hydrogen-bond donors (Lipinski definition) is 2. The molecule has 0 spiro atoms. The van der Waals surface area contributed by atoms with Crippen LogP contribution in [0.5, 0.6) is 0 Å². The highest BCUT2D eigenvalue weighted by Gasteiger charge is 2.24. The first kappa shape index (κ1) is 11.7. The van der Waals surface area contributed by atoms with E-state index in [-0.39, 0.29) is 11.1 Å². The lowest BCUT2D eigenvalue weighted by Gasteiger charge is -2.01. The van der Waals surface area contributed by atoms with Crippen molar-refractivity contribution in [3.63, 3.8) is 0 Å². The zero-order valence-corrected chi connectivity index (χ0v) is 10.4. The van der Waals surface area contributed by atoms with Crippen molar-refractivity contribution in [1.29, 1.82) is 0 Å². The number of amides is 2. The van der Waals surface area contributed by atoms with Crippen molar-refractivity contribution in [2.24, 2.45) is 0 Å². The predicted molar refractivity (Wildman–Crippen MR) is 73.1 cm³/mol. The first-order valence-electron chi connectivity index (χ1n) is 5.38. The number of aromatic nitrogens is 2. The smallest absolute Gasteiger partial charge is 0.290 e. The summed E-state index contributed by atoms with van der Waals surface area (Å²) in [6.45, 7) is 0. The summed E-state index contributed by atoms with van der Waals surface area (Å²) in [5.41, 5.74) is 7.27. The molecule has 2 aromatic rings. The molecule has 1 aromatic carbocycles. The van der Waals surface area contributed by atoms with Gasteiger partial charge in [0, 0.05) is 5.39 Å². The minimum absolute atomic E-state index is 0.361. The number of hydrogen-bond acceptors (Lipinski definition) is 6. The molecule has 1 saturated heterocycles. The zero-order chi connectivity index (χ0) is 13.4. The molecule has 0 bridgehead atoms. The molecule has 0 radical (unpaired) electrons. The van der Waals surface area contributed by atoms with E-state index in [0.29, 0.717) is 16.1 Å². The van der Waals surface area contributed by atoms with Crippen LogP contribution in [0.15, 0.2) is 29.4 Å². The molecule has 1 aliphatic heterocycles. The molecule has 19 heavy (non-hydrogen) atoms. The van der Waals surface area contributed by atoms with Gasteiger partial charge in [-0.3, -0.25) is 14.9 Å².